The van der Waals surface area contributed by atoms with E-state index in [4.69, 9.17) is 16.3 Å². The van der Waals surface area contributed by atoms with E-state index in [1.165, 1.54) is 0 Å². The van der Waals surface area contributed by atoms with Gasteiger partial charge in [0.25, 0.3) is 5.91 Å². The summed E-state index contributed by atoms with van der Waals surface area (Å²) in [6.07, 6.45) is 1.54. The molecule has 0 bridgehead atoms. The molecule has 0 unspecified atom stereocenters. The number of nitrogens with one attached hydrogen (secondary N) is 1. The van der Waals surface area contributed by atoms with E-state index in [1.54, 1.807) is 30.5 Å². The van der Waals surface area contributed by atoms with Crippen LogP contribution in [0.5, 0.6) is 5.75 Å². The molecular weight excluding hydrogens is 288 g/mol. The third kappa shape index (κ3) is 4.07. The summed E-state index contributed by atoms with van der Waals surface area (Å²) in [5.41, 5.74) is 3.62. The van der Waals surface area contributed by atoms with Crippen LogP contribution in [0.1, 0.15) is 22.8 Å². The molecule has 0 aliphatic heterocycles. The summed E-state index contributed by atoms with van der Waals surface area (Å²) in [7, 11) is 0. The molecular formula is C16H15ClN2O2. The van der Waals surface area contributed by atoms with Crippen molar-refractivity contribution in [2.24, 2.45) is 5.10 Å². The van der Waals surface area contributed by atoms with Gasteiger partial charge in [-0.3, -0.25) is 4.79 Å². The predicted octanol–water partition coefficient (Wildman–Crippen LogP) is 3.50. The Hall–Kier alpha value is -2.33. The molecule has 2 aromatic rings. The van der Waals surface area contributed by atoms with Crippen LogP contribution in [0.4, 0.5) is 0 Å². The summed E-state index contributed by atoms with van der Waals surface area (Å²) in [5, 5.41) is 4.33. The molecule has 0 radical (unpaired) electrons. The van der Waals surface area contributed by atoms with Crippen molar-refractivity contribution in [1.82, 2.24) is 5.43 Å². The van der Waals surface area contributed by atoms with E-state index in [0.717, 1.165) is 11.3 Å². The number of ether oxygens (including phenoxy) is 1. The maximum atomic E-state index is 11.9. The first kappa shape index (κ1) is 15.1. The van der Waals surface area contributed by atoms with Crippen LogP contribution in [0.25, 0.3) is 0 Å². The van der Waals surface area contributed by atoms with E-state index in [2.05, 4.69) is 10.5 Å². The van der Waals surface area contributed by atoms with E-state index in [1.807, 2.05) is 31.2 Å². The molecule has 2 rings (SSSR count). The number of carbonyl (C=O) groups excluding carboxylic acids is 1. The second-order valence-electron chi connectivity index (χ2n) is 4.15. The van der Waals surface area contributed by atoms with Gasteiger partial charge >= 0.3 is 0 Å². The number of benzene rings is 2. The average Bonchev–Trinajstić information content (AvgIpc) is 2.49. The minimum absolute atomic E-state index is 0.356. The van der Waals surface area contributed by atoms with Crippen LogP contribution in [0, 0.1) is 0 Å². The van der Waals surface area contributed by atoms with E-state index < -0.39 is 0 Å². The minimum Gasteiger partial charge on any atom is -0.493 e. The Morgan fingerprint density at radius 1 is 1.24 bits per heavy atom. The highest BCUT2D eigenvalue weighted by Crippen LogP contribution is 2.16. The zero-order valence-electron chi connectivity index (χ0n) is 11.5. The third-order valence-corrected chi connectivity index (χ3v) is 3.04. The summed E-state index contributed by atoms with van der Waals surface area (Å²) in [6.45, 7) is 2.48. The number of halogens is 1. The highest BCUT2D eigenvalue weighted by atomic mass is 35.5. The maximum Gasteiger partial charge on any atom is 0.272 e. The van der Waals surface area contributed by atoms with Gasteiger partial charge in [0.05, 0.1) is 23.4 Å². The molecule has 21 heavy (non-hydrogen) atoms. The lowest BCUT2D eigenvalue weighted by Gasteiger charge is -2.06. The first-order valence-corrected chi connectivity index (χ1v) is 6.90. The van der Waals surface area contributed by atoms with Crippen LogP contribution in [0.3, 0.4) is 0 Å². The van der Waals surface area contributed by atoms with E-state index >= 15 is 0 Å². The summed E-state index contributed by atoms with van der Waals surface area (Å²) < 4.78 is 5.47. The van der Waals surface area contributed by atoms with E-state index in [9.17, 15) is 4.79 Å². The van der Waals surface area contributed by atoms with E-state index in [-0.39, 0.29) is 5.91 Å². The third-order valence-electron chi connectivity index (χ3n) is 2.71. The van der Waals surface area contributed by atoms with Crippen LogP contribution >= 0.6 is 11.6 Å². The molecule has 4 nitrogen and oxygen atoms in total. The molecule has 0 aliphatic carbocycles. The van der Waals surface area contributed by atoms with Crippen molar-refractivity contribution in [2.75, 3.05) is 6.61 Å². The molecule has 0 heterocycles. The molecule has 108 valence electrons. The van der Waals surface area contributed by atoms with Gasteiger partial charge in [-0.1, -0.05) is 35.9 Å². The van der Waals surface area contributed by atoms with Gasteiger partial charge in [-0.05, 0) is 31.2 Å². The lowest BCUT2D eigenvalue weighted by Crippen LogP contribution is -2.18. The molecule has 0 aromatic heterocycles. The Bertz CT molecular complexity index is 656. The van der Waals surface area contributed by atoms with Crippen molar-refractivity contribution in [3.63, 3.8) is 0 Å². The zero-order chi connectivity index (χ0) is 15.1. The predicted molar refractivity (Wildman–Crippen MR) is 84.1 cm³/mol. The van der Waals surface area contributed by atoms with Crippen molar-refractivity contribution < 1.29 is 9.53 Å². The first-order chi connectivity index (χ1) is 10.2. The second-order valence-corrected chi connectivity index (χ2v) is 4.56. The Morgan fingerprint density at radius 2 is 1.95 bits per heavy atom. The zero-order valence-corrected chi connectivity index (χ0v) is 12.3. The smallest absolute Gasteiger partial charge is 0.272 e. The van der Waals surface area contributed by atoms with Gasteiger partial charge in [-0.15, -0.1) is 0 Å². The summed E-state index contributed by atoms with van der Waals surface area (Å²) >= 11 is 5.95. The summed E-state index contributed by atoms with van der Waals surface area (Å²) in [4.78, 5) is 11.9. The number of hydrogen-bond acceptors (Lipinski definition) is 3. The monoisotopic (exact) mass is 302 g/mol. The van der Waals surface area contributed by atoms with Crippen LogP contribution in [-0.4, -0.2) is 18.7 Å². The van der Waals surface area contributed by atoms with Crippen molar-refractivity contribution in [1.29, 1.82) is 0 Å². The fourth-order valence-corrected chi connectivity index (χ4v) is 1.96. The highest BCUT2D eigenvalue weighted by molar-refractivity contribution is 6.33. The number of amides is 1. The Morgan fingerprint density at radius 3 is 2.71 bits per heavy atom. The maximum absolute atomic E-state index is 11.9. The van der Waals surface area contributed by atoms with E-state index in [0.29, 0.717) is 17.2 Å². The van der Waals surface area contributed by atoms with Crippen LogP contribution in [0.15, 0.2) is 53.6 Å². The Balaban J connectivity index is 2.06. The van der Waals surface area contributed by atoms with Gasteiger partial charge in [0.1, 0.15) is 5.75 Å². The Labute approximate surface area is 128 Å². The minimum atomic E-state index is -0.356. The van der Waals surface area contributed by atoms with Crippen LogP contribution < -0.4 is 10.2 Å². The molecule has 0 spiro atoms. The van der Waals surface area contributed by atoms with Gasteiger partial charge in [0.2, 0.25) is 0 Å². The molecule has 0 fully saturated rings. The first-order valence-electron chi connectivity index (χ1n) is 6.52. The fourth-order valence-electron chi connectivity index (χ4n) is 1.74. The van der Waals surface area contributed by atoms with Crippen molar-refractivity contribution in [2.45, 2.75) is 6.92 Å². The van der Waals surface area contributed by atoms with Gasteiger partial charge < -0.3 is 4.74 Å². The van der Waals surface area contributed by atoms with Crippen molar-refractivity contribution in [3.8, 4) is 5.75 Å². The largest absolute Gasteiger partial charge is 0.493 e. The quantitative estimate of drug-likeness (QED) is 0.679. The molecule has 0 aliphatic rings. The topological polar surface area (TPSA) is 50.7 Å². The second kappa shape index (κ2) is 7.45. The fraction of sp³-hybridized carbons (Fsp3) is 0.125. The van der Waals surface area contributed by atoms with Crippen molar-refractivity contribution >= 4 is 23.7 Å². The lowest BCUT2D eigenvalue weighted by atomic mass is 10.2. The van der Waals surface area contributed by atoms with Gasteiger partial charge in [-0.2, -0.15) is 5.10 Å². The van der Waals surface area contributed by atoms with Crippen molar-refractivity contribution in [3.05, 3.63) is 64.7 Å². The normalized spacial score (nSPS) is 10.6. The molecule has 0 atom stereocenters. The number of hydrazone groups is 1. The SMILES string of the molecule is CCOc1ccccc1/C=N\NC(=O)c1ccccc1Cl. The molecule has 0 saturated heterocycles. The Kier molecular flexibility index (Phi) is 5.35. The van der Waals surface area contributed by atoms with Gasteiger partial charge in [0, 0.05) is 5.56 Å². The van der Waals surface area contributed by atoms with Gasteiger partial charge in [0.15, 0.2) is 0 Å². The molecule has 0 saturated carbocycles. The number of nitrogens with zero attached hydrogens (tertiary/aromatic N) is 1. The number of rotatable bonds is 5. The van der Waals surface area contributed by atoms with Crippen LogP contribution in [-0.2, 0) is 0 Å². The summed E-state index contributed by atoms with van der Waals surface area (Å²) in [6, 6.07) is 14.3. The highest BCUT2D eigenvalue weighted by Gasteiger charge is 2.08. The summed E-state index contributed by atoms with van der Waals surface area (Å²) in [5.74, 6) is 0.362. The molecule has 1 amide bonds. The number of carbonyl (C=O) groups is 1. The van der Waals surface area contributed by atoms with Crippen LogP contribution in [0.2, 0.25) is 5.02 Å². The lowest BCUT2D eigenvalue weighted by molar-refractivity contribution is 0.0955. The molecule has 5 heteroatoms. The standard InChI is InChI=1S/C16H15ClN2O2/c1-2-21-15-10-6-3-7-12(15)11-18-19-16(20)13-8-4-5-9-14(13)17/h3-11H,2H2,1H3,(H,19,20)/b18-11-. The number of para-hydroxylation sites is 1. The van der Waals surface area contributed by atoms with Gasteiger partial charge in [-0.25, -0.2) is 5.43 Å². The number of hydrogen-bond donors (Lipinski definition) is 1. The average molecular weight is 303 g/mol. The molecule has 1 N–H and O–H groups in total. The molecule has 2 aromatic carbocycles.